The molecule has 0 aromatic heterocycles. The Morgan fingerprint density at radius 2 is 0.722 bits per heavy atom. The molecule has 0 saturated carbocycles. The van der Waals surface area contributed by atoms with Gasteiger partial charge in [0.05, 0.1) is 0 Å². The second kappa shape index (κ2) is 42.7. The standard InChI is InChI=1S/C23H28N2O2.C20H23NO3.C19H21NO3.C18H16F3NO4.C18H15F2NO5/c1-16(26)25-14-13-18-8-11-20(15-21(18)25)24-22(27)12-7-17-5-9-19(10-6-17)23(2,3)4;1-14(2)16-6-3-15(4-7-16)5-10-20(22)21-17-8-9-18-19(13-17)24-12-11-23-18;1-13-3-4-15(11-14(13)2)5-8-19(21)20-16-6-7-17-18(12-16)23-10-9-22-17;19-18(20,21)26-14-5-1-12(2-6-14)3-8-17(23)22-13-4-7-15-16(11-13)25-10-9-24-15;19-18(20)25-14-4-1-11(9-16(14)26-18)2-6-17(22)21-12-3-5-13-15(10-12)24-8-7-23-13/h5-6,8-11,15H,7,12-14H2,1-4H3,(H,24,27);3-4,6-9,13-14H,5,10-12H2,1-2H3,(H,21,22);3-4,6-7,11-12H,5,8-10H2,1-2H3,(H,20,21);1-2,4-7,11H,3,8-10H2,(H,22,23);1,3-5,9-10H,2,6-8H2,(H,21,22). The molecular formula is C98H103F5N6O17. The van der Waals surface area contributed by atoms with Gasteiger partial charge in [-0.25, -0.2) is 0 Å². The number of amides is 6. The number of carbonyl (C=O) groups excluding carboxylic acids is 6. The first-order valence-electron chi connectivity index (χ1n) is 41.8. The Kier molecular flexibility index (Phi) is 31.1. The monoisotopic (exact) mass is 1730 g/mol. The molecule has 0 spiro atoms. The number of aryl methyl sites for hydroxylation is 7. The first kappa shape index (κ1) is 91.7. The largest absolute Gasteiger partial charge is 0.586 e. The molecule has 10 aromatic rings. The highest BCUT2D eigenvalue weighted by molar-refractivity contribution is 5.97. The van der Waals surface area contributed by atoms with Gasteiger partial charge in [0.15, 0.2) is 57.5 Å². The van der Waals surface area contributed by atoms with Gasteiger partial charge in [0, 0.05) is 104 Å². The Morgan fingerprint density at radius 3 is 1.10 bits per heavy atom. The topological polar surface area (TPSA) is 267 Å². The van der Waals surface area contributed by atoms with E-state index in [1.54, 1.807) is 54.3 Å². The van der Waals surface area contributed by atoms with Crippen molar-refractivity contribution in [2.45, 2.75) is 150 Å². The number of halogens is 5. The molecule has 28 heteroatoms. The van der Waals surface area contributed by atoms with Crippen molar-refractivity contribution >= 4 is 69.6 Å². The summed E-state index contributed by atoms with van der Waals surface area (Å²) in [6.07, 6.45) is -2.84. The average molecular weight is 1730 g/mol. The fraction of sp³-hybridized carbons (Fsp3) is 0.327. The van der Waals surface area contributed by atoms with Crippen molar-refractivity contribution in [3.63, 3.8) is 0 Å². The maximum Gasteiger partial charge on any atom is 0.586 e. The normalized spacial score (nSPS) is 13.7. The van der Waals surface area contributed by atoms with Crippen LogP contribution in [0.1, 0.15) is 135 Å². The second-order valence-corrected chi connectivity index (χ2v) is 31.8. The molecule has 0 saturated heterocycles. The molecule has 6 aliphatic rings. The summed E-state index contributed by atoms with van der Waals surface area (Å²) in [5, 5.41) is 14.3. The Morgan fingerprint density at radius 1 is 0.389 bits per heavy atom. The van der Waals surface area contributed by atoms with Crippen LogP contribution < -0.4 is 83.6 Å². The minimum atomic E-state index is -4.72. The third-order valence-electron chi connectivity index (χ3n) is 20.8. The van der Waals surface area contributed by atoms with Gasteiger partial charge in [-0.05, 0) is 204 Å². The highest BCUT2D eigenvalue weighted by atomic mass is 19.4. The fourth-order valence-electron chi connectivity index (χ4n) is 13.9. The van der Waals surface area contributed by atoms with E-state index < -0.39 is 12.7 Å². The second-order valence-electron chi connectivity index (χ2n) is 31.8. The molecule has 0 unspecified atom stereocenters. The maximum atomic E-state index is 13.0. The van der Waals surface area contributed by atoms with Gasteiger partial charge in [0.25, 0.3) is 0 Å². The van der Waals surface area contributed by atoms with Crippen molar-refractivity contribution in [3.8, 4) is 63.2 Å². The van der Waals surface area contributed by atoms with Gasteiger partial charge in [-0.2, -0.15) is 0 Å². The minimum absolute atomic E-state index is 0.0000872. The molecule has 10 aromatic carbocycles. The van der Waals surface area contributed by atoms with Gasteiger partial charge in [-0.1, -0.05) is 126 Å². The summed E-state index contributed by atoms with van der Waals surface area (Å²) >= 11 is 0. The molecule has 0 bridgehead atoms. The van der Waals surface area contributed by atoms with Crippen molar-refractivity contribution in [3.05, 3.63) is 256 Å². The quantitative estimate of drug-likeness (QED) is 0.0395. The summed E-state index contributed by atoms with van der Waals surface area (Å²) in [5.41, 5.74) is 15.7. The predicted octanol–water partition coefficient (Wildman–Crippen LogP) is 19.5. The van der Waals surface area contributed by atoms with Crippen LogP contribution in [0.25, 0.3) is 0 Å². The van der Waals surface area contributed by atoms with E-state index >= 15 is 0 Å². The van der Waals surface area contributed by atoms with Gasteiger partial charge in [0.2, 0.25) is 35.4 Å². The van der Waals surface area contributed by atoms with E-state index in [0.717, 1.165) is 70.2 Å². The summed E-state index contributed by atoms with van der Waals surface area (Å²) in [4.78, 5) is 74.3. The van der Waals surface area contributed by atoms with Crippen LogP contribution in [0.3, 0.4) is 0 Å². The van der Waals surface area contributed by atoms with Crippen LogP contribution in [0.5, 0.6) is 63.2 Å². The Bertz CT molecular complexity index is 5470. The molecule has 6 amide bonds. The molecule has 16 rings (SSSR count). The van der Waals surface area contributed by atoms with Gasteiger partial charge in [-0.15, -0.1) is 22.0 Å². The first-order chi connectivity index (χ1) is 60.3. The zero-order chi connectivity index (χ0) is 89.5. The third-order valence-corrected chi connectivity index (χ3v) is 20.8. The molecule has 0 atom stereocenters. The molecule has 6 heterocycles. The zero-order valence-electron chi connectivity index (χ0n) is 71.5. The lowest BCUT2D eigenvalue weighted by molar-refractivity contribution is -0.286. The molecule has 6 aliphatic heterocycles. The lowest BCUT2D eigenvalue weighted by Crippen LogP contribution is -2.25. The van der Waals surface area contributed by atoms with Crippen LogP contribution in [-0.2, 0) is 72.7 Å². The maximum absolute atomic E-state index is 13.0. The van der Waals surface area contributed by atoms with Crippen LogP contribution in [0.15, 0.2) is 200 Å². The highest BCUT2D eigenvalue weighted by Gasteiger charge is 2.43. The average Bonchev–Trinajstić information content (AvgIpc) is 1.68. The number of benzene rings is 10. The zero-order valence-corrected chi connectivity index (χ0v) is 71.5. The summed E-state index contributed by atoms with van der Waals surface area (Å²) in [5.74, 6) is 5.07. The van der Waals surface area contributed by atoms with E-state index in [1.807, 2.05) is 54.6 Å². The van der Waals surface area contributed by atoms with Crippen molar-refractivity contribution in [2.24, 2.45) is 0 Å². The number of nitrogens with zero attached hydrogens (tertiary/aromatic N) is 1. The number of nitrogens with one attached hydrogen (secondary N) is 5. The van der Waals surface area contributed by atoms with E-state index in [2.05, 4.69) is 156 Å². The van der Waals surface area contributed by atoms with E-state index in [-0.39, 0.29) is 70.9 Å². The van der Waals surface area contributed by atoms with E-state index in [0.29, 0.717) is 155 Å². The molecular weight excluding hydrogens is 1630 g/mol. The smallest absolute Gasteiger partial charge is 0.486 e. The first-order valence-corrected chi connectivity index (χ1v) is 41.8. The summed E-state index contributed by atoms with van der Waals surface area (Å²) in [7, 11) is 0. The van der Waals surface area contributed by atoms with Gasteiger partial charge in [-0.3, -0.25) is 28.8 Å². The van der Waals surface area contributed by atoms with E-state index in [4.69, 9.17) is 37.9 Å². The predicted molar refractivity (Wildman–Crippen MR) is 470 cm³/mol. The Balaban J connectivity index is 0.000000143. The third kappa shape index (κ3) is 27.7. The molecule has 126 heavy (non-hydrogen) atoms. The summed E-state index contributed by atoms with van der Waals surface area (Å²) < 4.78 is 119. The Labute approximate surface area is 728 Å². The molecule has 23 nitrogen and oxygen atoms in total. The lowest BCUT2D eigenvalue weighted by Gasteiger charge is -2.19. The molecule has 0 aliphatic carbocycles. The van der Waals surface area contributed by atoms with Crippen LogP contribution in [0, 0.1) is 13.8 Å². The summed E-state index contributed by atoms with van der Waals surface area (Å²) in [6, 6.07) is 60.3. The molecule has 5 N–H and O–H groups in total. The van der Waals surface area contributed by atoms with Crippen LogP contribution in [0.4, 0.5) is 56.1 Å². The van der Waals surface area contributed by atoms with Gasteiger partial charge >= 0.3 is 12.7 Å². The lowest BCUT2D eigenvalue weighted by atomic mass is 9.86. The number of fused-ring (bicyclic) bond motifs is 6. The van der Waals surface area contributed by atoms with Crippen molar-refractivity contribution in [1.82, 2.24) is 0 Å². The van der Waals surface area contributed by atoms with Crippen LogP contribution in [0.2, 0.25) is 0 Å². The van der Waals surface area contributed by atoms with E-state index in [1.165, 1.54) is 69.8 Å². The van der Waals surface area contributed by atoms with E-state index in [9.17, 15) is 50.7 Å². The molecule has 0 fully saturated rings. The van der Waals surface area contributed by atoms with Crippen LogP contribution in [-0.4, -0.2) is 107 Å². The SMILES string of the molecule is CC(=O)N1CCc2ccc(NC(=O)CCc3ccc(C(C)(C)C)cc3)cc21.CC(C)c1ccc(CCC(=O)Nc2ccc3c(c2)OCCO3)cc1.Cc1ccc(CCC(=O)Nc2ccc3c(c2)OCCO3)cc1C.O=C(CCc1ccc(OC(F)(F)F)cc1)Nc1ccc2c(c1)OCCO2.O=C(CCc1ccc2c(c1)OC(F)(F)O2)Nc1ccc2c(c1)OCCO2. The minimum Gasteiger partial charge on any atom is -0.486 e. The van der Waals surface area contributed by atoms with Crippen molar-refractivity contribution in [1.29, 1.82) is 0 Å². The number of hydrogen-bond donors (Lipinski definition) is 5. The number of anilines is 6. The summed E-state index contributed by atoms with van der Waals surface area (Å²) in [6.45, 7) is 21.5. The molecule has 662 valence electrons. The number of ether oxygens (including phenoxy) is 11. The van der Waals surface area contributed by atoms with Crippen molar-refractivity contribution < 1.29 is 103 Å². The number of hydrogen-bond acceptors (Lipinski definition) is 17. The Hall–Kier alpha value is -13.5. The fourth-order valence-corrected chi connectivity index (χ4v) is 13.9. The van der Waals surface area contributed by atoms with Crippen molar-refractivity contribution in [2.75, 3.05) is 90.9 Å². The highest BCUT2D eigenvalue weighted by Crippen LogP contribution is 2.43. The van der Waals surface area contributed by atoms with Gasteiger partial charge in [0.1, 0.15) is 58.6 Å². The number of carbonyl (C=O) groups is 6. The number of rotatable bonds is 22. The van der Waals surface area contributed by atoms with Gasteiger partial charge < -0.3 is 83.6 Å². The number of alkyl halides is 5. The molecule has 0 radical (unpaired) electrons. The van der Waals surface area contributed by atoms with Crippen LogP contribution >= 0.6 is 0 Å².